The van der Waals surface area contributed by atoms with Crippen LogP contribution in [0.2, 0.25) is 0 Å². The van der Waals surface area contributed by atoms with Crippen LogP contribution >= 0.6 is 0 Å². The minimum atomic E-state index is -4.59. The zero-order chi connectivity index (χ0) is 15.7. The average Bonchev–Trinajstić information content (AvgIpc) is 3.16. The van der Waals surface area contributed by atoms with Crippen LogP contribution in [0.15, 0.2) is 29.2 Å². The molecule has 0 atom stereocenters. The predicted molar refractivity (Wildman–Crippen MR) is 70.7 cm³/mol. The number of halogens is 3. The molecule has 0 aliphatic heterocycles. The number of nitrogens with one attached hydrogen (secondary N) is 1. The number of sulfonamides is 1. The summed E-state index contributed by atoms with van der Waals surface area (Å²) in [5.74, 6) is 5.29. The first-order valence-electron chi connectivity index (χ1n) is 6.10. The maximum absolute atomic E-state index is 12.8. The lowest BCUT2D eigenvalue weighted by Gasteiger charge is -2.20. The van der Waals surface area contributed by atoms with Crippen LogP contribution < -0.4 is 10.5 Å². The normalized spacial score (nSPS) is 17.0. The molecule has 1 aliphatic carbocycles. The van der Waals surface area contributed by atoms with Crippen LogP contribution in [0.25, 0.3) is 0 Å². The van der Waals surface area contributed by atoms with Gasteiger partial charge in [-0.25, -0.2) is 8.42 Å². The van der Waals surface area contributed by atoms with Crippen LogP contribution in [0.5, 0.6) is 0 Å². The van der Waals surface area contributed by atoms with Crippen molar-refractivity contribution in [3.05, 3.63) is 29.8 Å². The fourth-order valence-corrected chi connectivity index (χ4v) is 3.20. The highest BCUT2D eigenvalue weighted by molar-refractivity contribution is 7.89. The number of hydrogen-bond donors (Lipinski definition) is 2. The smallest absolute Gasteiger partial charge is 0.320 e. The molecule has 0 unspecified atom stereocenters. The summed E-state index contributed by atoms with van der Waals surface area (Å²) in [6.45, 7) is 0.162. The van der Waals surface area contributed by atoms with Crippen molar-refractivity contribution in [2.45, 2.75) is 29.5 Å². The van der Waals surface area contributed by atoms with E-state index in [4.69, 9.17) is 5.73 Å². The molecule has 0 heterocycles. The van der Waals surface area contributed by atoms with E-state index < -0.39 is 21.7 Å². The third kappa shape index (κ3) is 3.37. The van der Waals surface area contributed by atoms with Gasteiger partial charge in [-0.1, -0.05) is 11.8 Å². The minimum Gasteiger partial charge on any atom is -0.320 e. The Kier molecular flexibility index (Phi) is 4.02. The van der Waals surface area contributed by atoms with E-state index in [0.29, 0.717) is 5.56 Å². The number of alkyl halides is 3. The Balaban J connectivity index is 2.21. The maximum Gasteiger partial charge on any atom is 0.407 e. The van der Waals surface area contributed by atoms with Gasteiger partial charge in [0.15, 0.2) is 0 Å². The fourth-order valence-electron chi connectivity index (χ4n) is 1.76. The third-order valence-electron chi connectivity index (χ3n) is 3.12. The van der Waals surface area contributed by atoms with Crippen LogP contribution in [0.3, 0.4) is 0 Å². The molecule has 0 amide bonds. The zero-order valence-electron chi connectivity index (χ0n) is 10.9. The Morgan fingerprint density at radius 2 is 1.81 bits per heavy atom. The summed E-state index contributed by atoms with van der Waals surface area (Å²) in [5.41, 5.74) is 3.43. The Morgan fingerprint density at radius 3 is 2.24 bits per heavy atom. The second-order valence-electron chi connectivity index (χ2n) is 4.72. The number of benzene rings is 1. The molecule has 1 aromatic rings. The van der Waals surface area contributed by atoms with Crippen molar-refractivity contribution in [2.75, 3.05) is 6.54 Å². The molecule has 8 heteroatoms. The molecular formula is C13H13F3N2O2S. The highest BCUT2D eigenvalue weighted by Gasteiger charge is 2.65. The van der Waals surface area contributed by atoms with Crippen molar-refractivity contribution in [1.82, 2.24) is 4.72 Å². The highest BCUT2D eigenvalue weighted by atomic mass is 32.2. The lowest BCUT2D eigenvalue weighted by molar-refractivity contribution is -0.160. The molecule has 1 aliphatic rings. The molecule has 3 N–H and O–H groups in total. The summed E-state index contributed by atoms with van der Waals surface area (Å²) in [4.78, 5) is -0.226. The topological polar surface area (TPSA) is 72.2 Å². The van der Waals surface area contributed by atoms with E-state index in [1.54, 1.807) is 4.72 Å². The Hall–Kier alpha value is -1.56. The van der Waals surface area contributed by atoms with Crippen molar-refractivity contribution in [3.63, 3.8) is 0 Å². The maximum atomic E-state index is 12.8. The minimum absolute atomic E-state index is 0.162. The molecule has 0 aromatic heterocycles. The van der Waals surface area contributed by atoms with Gasteiger partial charge in [0, 0.05) is 5.56 Å². The van der Waals surface area contributed by atoms with E-state index >= 15 is 0 Å². The standard InChI is InChI=1S/C13H13F3N2O2S/c14-13(15,16)12(7-8-12)18-21(19,20)11-5-3-10(4-6-11)2-1-9-17/h3-6,18H,7-9,17H2. The molecule has 0 saturated heterocycles. The quantitative estimate of drug-likeness (QED) is 0.827. The molecule has 0 radical (unpaired) electrons. The largest absolute Gasteiger partial charge is 0.407 e. The Bertz CT molecular complexity index is 681. The van der Waals surface area contributed by atoms with E-state index in [1.807, 2.05) is 0 Å². The van der Waals surface area contributed by atoms with E-state index in [-0.39, 0.29) is 24.3 Å². The van der Waals surface area contributed by atoms with E-state index in [1.165, 1.54) is 24.3 Å². The molecule has 1 saturated carbocycles. The predicted octanol–water partition coefficient (Wildman–Crippen LogP) is 1.37. The summed E-state index contributed by atoms with van der Waals surface area (Å²) in [5, 5.41) is 0. The van der Waals surface area contributed by atoms with Gasteiger partial charge in [0.05, 0.1) is 11.4 Å². The average molecular weight is 318 g/mol. The van der Waals surface area contributed by atoms with Gasteiger partial charge < -0.3 is 5.73 Å². The molecule has 4 nitrogen and oxygen atoms in total. The summed E-state index contributed by atoms with van der Waals surface area (Å²) in [6, 6.07) is 5.28. The van der Waals surface area contributed by atoms with E-state index in [9.17, 15) is 21.6 Å². The first kappa shape index (κ1) is 15.8. The van der Waals surface area contributed by atoms with Gasteiger partial charge >= 0.3 is 6.18 Å². The molecular weight excluding hydrogens is 305 g/mol. The van der Waals surface area contributed by atoms with Crippen molar-refractivity contribution in [3.8, 4) is 11.8 Å². The SMILES string of the molecule is NCC#Cc1ccc(S(=O)(=O)NC2(C(F)(F)F)CC2)cc1. The summed E-state index contributed by atoms with van der Waals surface area (Å²) >= 11 is 0. The van der Waals surface area contributed by atoms with Crippen molar-refractivity contribution >= 4 is 10.0 Å². The molecule has 21 heavy (non-hydrogen) atoms. The number of hydrogen-bond acceptors (Lipinski definition) is 3. The fraction of sp³-hybridized carbons (Fsp3) is 0.385. The highest BCUT2D eigenvalue weighted by Crippen LogP contribution is 2.49. The molecule has 0 spiro atoms. The summed E-state index contributed by atoms with van der Waals surface area (Å²) in [6.07, 6.45) is -5.07. The number of nitrogens with two attached hydrogens (primary N) is 1. The second-order valence-corrected chi connectivity index (χ2v) is 6.40. The van der Waals surface area contributed by atoms with Gasteiger partial charge in [0.2, 0.25) is 10.0 Å². The molecule has 0 bridgehead atoms. The second kappa shape index (κ2) is 5.33. The van der Waals surface area contributed by atoms with Gasteiger partial charge in [0.25, 0.3) is 0 Å². The van der Waals surface area contributed by atoms with Crippen LogP contribution in [0.1, 0.15) is 18.4 Å². The van der Waals surface area contributed by atoms with Crippen LogP contribution in [-0.2, 0) is 10.0 Å². The lowest BCUT2D eigenvalue weighted by atomic mass is 10.2. The zero-order valence-corrected chi connectivity index (χ0v) is 11.7. The van der Waals surface area contributed by atoms with Gasteiger partial charge in [-0.2, -0.15) is 17.9 Å². The molecule has 1 aromatic carbocycles. The van der Waals surface area contributed by atoms with Crippen LogP contribution in [0, 0.1) is 11.8 Å². The first-order valence-corrected chi connectivity index (χ1v) is 7.58. The van der Waals surface area contributed by atoms with Crippen molar-refractivity contribution in [1.29, 1.82) is 0 Å². The third-order valence-corrected chi connectivity index (χ3v) is 4.67. The first-order chi connectivity index (χ1) is 9.70. The summed E-state index contributed by atoms with van der Waals surface area (Å²) < 4.78 is 64.1. The molecule has 2 rings (SSSR count). The van der Waals surface area contributed by atoms with E-state index in [2.05, 4.69) is 11.8 Å². The van der Waals surface area contributed by atoms with Crippen LogP contribution in [0.4, 0.5) is 13.2 Å². The van der Waals surface area contributed by atoms with Crippen LogP contribution in [-0.4, -0.2) is 26.7 Å². The Morgan fingerprint density at radius 1 is 1.24 bits per heavy atom. The van der Waals surface area contributed by atoms with Gasteiger partial charge in [0.1, 0.15) is 5.54 Å². The lowest BCUT2D eigenvalue weighted by Crippen LogP contribution is -2.47. The van der Waals surface area contributed by atoms with Crippen molar-refractivity contribution < 1.29 is 21.6 Å². The van der Waals surface area contributed by atoms with Gasteiger partial charge in [-0.15, -0.1) is 0 Å². The Labute approximate surface area is 120 Å². The number of rotatable bonds is 3. The molecule has 1 fully saturated rings. The molecule has 114 valence electrons. The summed E-state index contributed by atoms with van der Waals surface area (Å²) in [7, 11) is -4.22. The van der Waals surface area contributed by atoms with Gasteiger partial charge in [-0.05, 0) is 37.1 Å². The van der Waals surface area contributed by atoms with Crippen molar-refractivity contribution in [2.24, 2.45) is 5.73 Å². The van der Waals surface area contributed by atoms with E-state index in [0.717, 1.165) is 0 Å². The monoisotopic (exact) mass is 318 g/mol. The van der Waals surface area contributed by atoms with Gasteiger partial charge in [-0.3, -0.25) is 0 Å².